The lowest BCUT2D eigenvalue weighted by Gasteiger charge is -2.11. The second-order valence-electron chi connectivity index (χ2n) is 9.48. The molecule has 47 heavy (non-hydrogen) atoms. The summed E-state index contributed by atoms with van der Waals surface area (Å²) in [5.41, 5.74) is -0.414. The molecule has 2 heterocycles. The van der Waals surface area contributed by atoms with E-state index in [-0.39, 0.29) is 69.0 Å². The van der Waals surface area contributed by atoms with Gasteiger partial charge in [-0.1, -0.05) is 39.1 Å². The van der Waals surface area contributed by atoms with Gasteiger partial charge in [0, 0.05) is 18.3 Å². The van der Waals surface area contributed by atoms with Crippen LogP contribution in [0.25, 0.3) is 0 Å². The van der Waals surface area contributed by atoms with Crippen molar-refractivity contribution in [1.82, 2.24) is 9.97 Å². The number of benzene rings is 2. The molecule has 0 fully saturated rings. The summed E-state index contributed by atoms with van der Waals surface area (Å²) in [5, 5.41) is 8.59. The number of rotatable bonds is 8. The molecule has 0 aliphatic rings. The van der Waals surface area contributed by atoms with Gasteiger partial charge in [0.2, 0.25) is 0 Å². The predicted molar refractivity (Wildman–Crippen MR) is 162 cm³/mol. The van der Waals surface area contributed by atoms with Crippen LogP contribution in [0.2, 0.25) is 10.0 Å². The van der Waals surface area contributed by atoms with Crippen molar-refractivity contribution in [2.45, 2.75) is 39.4 Å². The van der Waals surface area contributed by atoms with Crippen LogP contribution in [-0.4, -0.2) is 21.5 Å². The maximum absolute atomic E-state index is 12.6. The van der Waals surface area contributed by atoms with Gasteiger partial charge in [-0.3, -0.25) is 9.59 Å². The predicted octanol–water partition coefficient (Wildman–Crippen LogP) is 9.70. The van der Waals surface area contributed by atoms with E-state index in [1.165, 1.54) is 26.0 Å². The number of hydrogen-bond acceptors (Lipinski definition) is 7. The van der Waals surface area contributed by atoms with Crippen molar-refractivity contribution in [2.24, 2.45) is 0 Å². The van der Waals surface area contributed by atoms with Crippen molar-refractivity contribution in [3.8, 4) is 17.6 Å². The zero-order chi connectivity index (χ0) is 35.1. The number of hydrogen-bond donors (Lipinski definition) is 0. The smallest absolute Gasteiger partial charge is 0.416 e. The molecule has 0 amide bonds. The van der Waals surface area contributed by atoms with Crippen LogP contribution >= 0.6 is 39.1 Å². The Bertz CT molecular complexity index is 1850. The highest BCUT2D eigenvalue weighted by Crippen LogP contribution is 2.36. The molecule has 0 bridgehead atoms. The van der Waals surface area contributed by atoms with Gasteiger partial charge in [0.25, 0.3) is 0 Å². The molecule has 2 aromatic carbocycles. The van der Waals surface area contributed by atoms with Gasteiger partial charge in [-0.15, -0.1) is 0 Å². The van der Waals surface area contributed by atoms with Crippen LogP contribution in [0.5, 0.6) is 11.5 Å². The first-order valence-electron chi connectivity index (χ1n) is 13.0. The lowest BCUT2D eigenvalue weighted by molar-refractivity contribution is -0.138. The van der Waals surface area contributed by atoms with Gasteiger partial charge in [0.05, 0.1) is 44.2 Å². The number of ketones is 2. The van der Waals surface area contributed by atoms with Gasteiger partial charge in [-0.05, 0) is 60.7 Å². The van der Waals surface area contributed by atoms with Crippen molar-refractivity contribution >= 4 is 50.7 Å². The molecule has 7 nitrogen and oxygen atoms in total. The number of carbonyl (C=O) groups is 2. The normalized spacial score (nSPS) is 11.2. The van der Waals surface area contributed by atoms with Crippen molar-refractivity contribution in [1.29, 1.82) is 5.26 Å². The quantitative estimate of drug-likeness (QED) is 0.130. The molecule has 0 N–H and O–H groups in total. The fourth-order valence-corrected chi connectivity index (χ4v) is 4.55. The van der Waals surface area contributed by atoms with Crippen molar-refractivity contribution in [2.75, 3.05) is 0 Å². The Morgan fingerprint density at radius 2 is 1.17 bits per heavy atom. The summed E-state index contributed by atoms with van der Waals surface area (Å²) >= 11 is 14.9. The average molecular weight is 763 g/mol. The monoisotopic (exact) mass is 761 g/mol. The van der Waals surface area contributed by atoms with Gasteiger partial charge < -0.3 is 9.47 Å². The zero-order valence-electron chi connectivity index (χ0n) is 24.1. The van der Waals surface area contributed by atoms with E-state index in [4.69, 9.17) is 37.9 Å². The van der Waals surface area contributed by atoms with Gasteiger partial charge in [0.15, 0.2) is 11.6 Å². The van der Waals surface area contributed by atoms with Crippen LogP contribution < -0.4 is 9.47 Å². The molecule has 0 aliphatic carbocycles. The largest absolute Gasteiger partial charge is 0.486 e. The Kier molecular flexibility index (Phi) is 12.4. The third-order valence-electron chi connectivity index (χ3n) is 5.84. The van der Waals surface area contributed by atoms with E-state index in [2.05, 4.69) is 25.9 Å². The molecule has 0 saturated heterocycles. The molecule has 246 valence electrons. The summed E-state index contributed by atoms with van der Waals surface area (Å²) < 4.78 is 86.8. The summed E-state index contributed by atoms with van der Waals surface area (Å²) in [6.07, 6.45) is -8.97. The Morgan fingerprint density at radius 1 is 0.745 bits per heavy atom. The standard InChI is InChI=1S/C16H10ClF3N2O2.C15H10BrClF3NO2/c1-9(23)14-5-10(7-21)4-12(22-14)8-24-15-3-2-11(6-13(15)17)16(18,19)20;1-8(22)13-6-10(16)5-11(21-13)7-23-14-3-2-9(4-12(14)17)15(18,19)20/h2-6H,8H2,1H3;2-6H,7H2,1H3. The van der Waals surface area contributed by atoms with E-state index in [0.29, 0.717) is 10.2 Å². The fourth-order valence-electron chi connectivity index (χ4n) is 3.60. The molecule has 16 heteroatoms. The third kappa shape index (κ3) is 10.9. The van der Waals surface area contributed by atoms with Crippen molar-refractivity contribution in [3.63, 3.8) is 0 Å². The minimum absolute atomic E-state index is 0.0369. The number of pyridine rings is 2. The minimum Gasteiger partial charge on any atom is -0.486 e. The average Bonchev–Trinajstić information content (AvgIpc) is 2.98. The molecular formula is C31H20BrCl2F6N3O4. The summed E-state index contributed by atoms with van der Waals surface area (Å²) in [7, 11) is 0. The Labute approximate surface area is 282 Å². The highest BCUT2D eigenvalue weighted by atomic mass is 79.9. The van der Waals surface area contributed by atoms with Gasteiger partial charge in [0.1, 0.15) is 36.1 Å². The summed E-state index contributed by atoms with van der Waals surface area (Å²) in [6, 6.07) is 13.4. The maximum Gasteiger partial charge on any atom is 0.416 e. The van der Waals surface area contributed by atoms with Gasteiger partial charge >= 0.3 is 12.4 Å². The summed E-state index contributed by atoms with van der Waals surface area (Å²) in [5.74, 6) is -0.384. The highest BCUT2D eigenvalue weighted by molar-refractivity contribution is 9.10. The minimum atomic E-state index is -4.50. The van der Waals surface area contributed by atoms with Gasteiger partial charge in [-0.2, -0.15) is 31.6 Å². The number of ether oxygens (including phenoxy) is 2. The number of aromatic nitrogens is 2. The highest BCUT2D eigenvalue weighted by Gasteiger charge is 2.32. The van der Waals surface area contributed by atoms with Crippen LogP contribution in [0.1, 0.15) is 62.9 Å². The lowest BCUT2D eigenvalue weighted by atomic mass is 10.1. The number of alkyl halides is 6. The summed E-state index contributed by atoms with van der Waals surface area (Å²) in [6.45, 7) is 2.50. The first-order valence-corrected chi connectivity index (χ1v) is 14.5. The Hall–Kier alpha value is -4.19. The first kappa shape index (κ1) is 37.3. The first-order chi connectivity index (χ1) is 21.9. The van der Waals surface area contributed by atoms with E-state index in [1.807, 2.05) is 6.07 Å². The van der Waals surface area contributed by atoms with Gasteiger partial charge in [-0.25, -0.2) is 9.97 Å². The number of nitriles is 1. The molecule has 0 saturated carbocycles. The molecule has 0 atom stereocenters. The van der Waals surface area contributed by atoms with Crippen LogP contribution in [0.15, 0.2) is 65.1 Å². The van der Waals surface area contributed by atoms with Crippen molar-refractivity contribution in [3.05, 3.63) is 115 Å². The van der Waals surface area contributed by atoms with Crippen LogP contribution in [0.4, 0.5) is 26.3 Å². The second-order valence-corrected chi connectivity index (χ2v) is 11.2. The van der Waals surface area contributed by atoms with E-state index in [9.17, 15) is 35.9 Å². The van der Waals surface area contributed by atoms with E-state index >= 15 is 0 Å². The Morgan fingerprint density at radius 3 is 1.55 bits per heavy atom. The molecule has 0 unspecified atom stereocenters. The molecule has 0 radical (unpaired) electrons. The van der Waals surface area contributed by atoms with E-state index in [1.54, 1.807) is 12.1 Å². The lowest BCUT2D eigenvalue weighted by Crippen LogP contribution is -2.06. The van der Waals surface area contributed by atoms with E-state index < -0.39 is 23.5 Å². The molecule has 0 aliphatic heterocycles. The molecule has 0 spiro atoms. The number of Topliss-reactive ketones (excluding diaryl/α,β-unsaturated/α-hetero) is 2. The third-order valence-corrected chi connectivity index (χ3v) is 6.89. The SMILES string of the molecule is CC(=O)c1cc(Br)cc(COc2ccc(C(F)(F)F)cc2Cl)n1.CC(=O)c1cc(C#N)cc(COc2ccc(C(F)(F)F)cc2Cl)n1. The zero-order valence-corrected chi connectivity index (χ0v) is 27.2. The van der Waals surface area contributed by atoms with Crippen LogP contribution in [0.3, 0.4) is 0 Å². The van der Waals surface area contributed by atoms with E-state index in [0.717, 1.165) is 36.4 Å². The number of nitrogens with zero attached hydrogens (tertiary/aromatic N) is 3. The van der Waals surface area contributed by atoms with Crippen molar-refractivity contribution < 1.29 is 45.4 Å². The second kappa shape index (κ2) is 15.6. The Balaban J connectivity index is 0.000000256. The fraction of sp³-hybridized carbons (Fsp3) is 0.194. The maximum atomic E-state index is 12.6. The van der Waals surface area contributed by atoms with Crippen LogP contribution in [0, 0.1) is 11.3 Å². The topological polar surface area (TPSA) is 102 Å². The van der Waals surface area contributed by atoms with Crippen LogP contribution in [-0.2, 0) is 25.6 Å². The number of halogens is 9. The molecule has 2 aromatic heterocycles. The molecular weight excluding hydrogens is 743 g/mol. The molecule has 4 rings (SSSR count). The number of carbonyl (C=O) groups excluding carboxylic acids is 2. The molecule has 4 aromatic rings. The summed E-state index contributed by atoms with van der Waals surface area (Å²) in [4.78, 5) is 30.9.